The van der Waals surface area contributed by atoms with Gasteiger partial charge in [-0.3, -0.25) is 9.59 Å². The molecule has 2 aliphatic heterocycles. The molecule has 0 saturated carbocycles. The zero-order valence-electron chi connectivity index (χ0n) is 17.4. The SMILES string of the molecule is CCCCCCCC(=O)N1CCC2(CC1)SCCN2C(=O)c1ccc(C)cc1. The van der Waals surface area contributed by atoms with Crippen LogP contribution in [0.5, 0.6) is 0 Å². The molecule has 2 heterocycles. The van der Waals surface area contributed by atoms with Gasteiger partial charge in [0.25, 0.3) is 5.91 Å². The molecule has 2 amide bonds. The molecule has 0 bridgehead atoms. The van der Waals surface area contributed by atoms with Gasteiger partial charge in [-0.25, -0.2) is 0 Å². The zero-order valence-corrected chi connectivity index (χ0v) is 18.2. The van der Waals surface area contributed by atoms with E-state index in [2.05, 4.69) is 11.8 Å². The number of likely N-dealkylation sites (tertiary alicyclic amines) is 1. The van der Waals surface area contributed by atoms with Crippen LogP contribution >= 0.6 is 11.8 Å². The van der Waals surface area contributed by atoms with Crippen LogP contribution in [0.25, 0.3) is 0 Å². The summed E-state index contributed by atoms with van der Waals surface area (Å²) in [5, 5.41) is 0. The maximum atomic E-state index is 13.1. The highest BCUT2D eigenvalue weighted by Crippen LogP contribution is 2.44. The predicted octanol–water partition coefficient (Wildman–Crippen LogP) is 4.86. The molecule has 1 aromatic carbocycles. The Morgan fingerprint density at radius 2 is 1.68 bits per heavy atom. The lowest BCUT2D eigenvalue weighted by molar-refractivity contribution is -0.132. The van der Waals surface area contributed by atoms with Gasteiger partial charge in [-0.05, 0) is 38.3 Å². The molecule has 2 aliphatic rings. The minimum Gasteiger partial charge on any atom is -0.342 e. The molecule has 0 aliphatic carbocycles. The third-order valence-corrected chi connectivity index (χ3v) is 7.67. The van der Waals surface area contributed by atoms with Crippen molar-refractivity contribution in [2.45, 2.75) is 70.1 Å². The van der Waals surface area contributed by atoms with Crippen molar-refractivity contribution in [2.24, 2.45) is 0 Å². The summed E-state index contributed by atoms with van der Waals surface area (Å²) in [7, 11) is 0. The summed E-state index contributed by atoms with van der Waals surface area (Å²) in [4.78, 5) is 29.6. The predicted molar refractivity (Wildman–Crippen MR) is 117 cm³/mol. The average molecular weight is 403 g/mol. The second-order valence-corrected chi connectivity index (χ2v) is 9.62. The zero-order chi connectivity index (χ0) is 20.0. The number of piperidine rings is 1. The summed E-state index contributed by atoms with van der Waals surface area (Å²) in [6.07, 6.45) is 8.35. The first kappa shape index (κ1) is 21.2. The molecule has 2 fully saturated rings. The summed E-state index contributed by atoms with van der Waals surface area (Å²) in [5.74, 6) is 1.43. The fourth-order valence-electron chi connectivity index (χ4n) is 4.30. The van der Waals surface area contributed by atoms with Crippen LogP contribution in [0.15, 0.2) is 24.3 Å². The first-order valence-corrected chi connectivity index (χ1v) is 11.8. The first-order valence-electron chi connectivity index (χ1n) is 10.9. The average Bonchev–Trinajstić information content (AvgIpc) is 3.11. The normalized spacial score (nSPS) is 18.6. The van der Waals surface area contributed by atoms with Gasteiger partial charge in [0.05, 0.1) is 4.87 Å². The first-order chi connectivity index (χ1) is 13.6. The number of hydrogen-bond donors (Lipinski definition) is 0. The second-order valence-electron chi connectivity index (χ2n) is 8.16. The molecular formula is C23H34N2O2S. The Labute approximate surface area is 174 Å². The van der Waals surface area contributed by atoms with Crippen LogP contribution in [0.1, 0.15) is 74.2 Å². The molecule has 0 aromatic heterocycles. The Kier molecular flexibility index (Phi) is 7.44. The van der Waals surface area contributed by atoms with E-state index in [-0.39, 0.29) is 10.8 Å². The molecule has 0 N–H and O–H groups in total. The van der Waals surface area contributed by atoms with Crippen molar-refractivity contribution >= 4 is 23.6 Å². The van der Waals surface area contributed by atoms with Crippen molar-refractivity contribution in [3.63, 3.8) is 0 Å². The van der Waals surface area contributed by atoms with Gasteiger partial charge < -0.3 is 9.80 Å². The van der Waals surface area contributed by atoms with Crippen LogP contribution in [0.3, 0.4) is 0 Å². The quantitative estimate of drug-likeness (QED) is 0.611. The van der Waals surface area contributed by atoms with Gasteiger partial charge in [0.1, 0.15) is 0 Å². The van der Waals surface area contributed by atoms with E-state index in [9.17, 15) is 9.59 Å². The number of rotatable bonds is 7. The van der Waals surface area contributed by atoms with Crippen molar-refractivity contribution in [3.8, 4) is 0 Å². The molecule has 5 heteroatoms. The molecule has 0 unspecified atom stereocenters. The van der Waals surface area contributed by atoms with E-state index in [0.29, 0.717) is 12.3 Å². The Balaban J connectivity index is 1.53. The lowest BCUT2D eigenvalue weighted by atomic mass is 10.00. The highest BCUT2D eigenvalue weighted by molar-refractivity contribution is 8.00. The van der Waals surface area contributed by atoms with Crippen LogP contribution in [0, 0.1) is 6.92 Å². The van der Waals surface area contributed by atoms with Gasteiger partial charge in [0.2, 0.25) is 5.91 Å². The van der Waals surface area contributed by atoms with Crippen LogP contribution in [0.2, 0.25) is 0 Å². The standard InChI is InChI=1S/C23H34N2O2S/c1-3-4-5-6-7-8-21(26)24-15-13-23(14-16-24)25(17-18-28-23)22(27)20-11-9-19(2)10-12-20/h9-12H,3-8,13-18H2,1-2H3. The summed E-state index contributed by atoms with van der Waals surface area (Å²) in [6, 6.07) is 7.88. The Morgan fingerprint density at radius 3 is 2.36 bits per heavy atom. The number of unbranched alkanes of at least 4 members (excludes halogenated alkanes) is 4. The van der Waals surface area contributed by atoms with Crippen molar-refractivity contribution in [3.05, 3.63) is 35.4 Å². The summed E-state index contributed by atoms with van der Waals surface area (Å²) in [5.41, 5.74) is 1.95. The smallest absolute Gasteiger partial charge is 0.254 e. The van der Waals surface area contributed by atoms with Crippen molar-refractivity contribution in [2.75, 3.05) is 25.4 Å². The fourth-order valence-corrected chi connectivity index (χ4v) is 5.76. The Morgan fingerprint density at radius 1 is 1.00 bits per heavy atom. The van der Waals surface area contributed by atoms with Gasteiger partial charge >= 0.3 is 0 Å². The monoisotopic (exact) mass is 402 g/mol. The summed E-state index contributed by atoms with van der Waals surface area (Å²) in [6.45, 7) is 6.61. The molecule has 1 spiro atoms. The lowest BCUT2D eigenvalue weighted by Gasteiger charge is -2.44. The molecule has 1 aromatic rings. The number of carbonyl (C=O) groups is 2. The number of amides is 2. The molecular weight excluding hydrogens is 368 g/mol. The highest BCUT2D eigenvalue weighted by Gasteiger charge is 2.46. The number of nitrogens with zero attached hydrogens (tertiary/aromatic N) is 2. The molecule has 154 valence electrons. The van der Waals surface area contributed by atoms with Crippen LogP contribution in [-0.2, 0) is 4.79 Å². The van der Waals surface area contributed by atoms with Crippen LogP contribution < -0.4 is 0 Å². The Bertz CT molecular complexity index is 666. The molecule has 4 nitrogen and oxygen atoms in total. The summed E-state index contributed by atoms with van der Waals surface area (Å²) >= 11 is 1.91. The maximum Gasteiger partial charge on any atom is 0.254 e. The maximum absolute atomic E-state index is 13.1. The van der Waals surface area contributed by atoms with E-state index in [0.717, 1.165) is 56.6 Å². The number of carbonyl (C=O) groups excluding carboxylic acids is 2. The van der Waals surface area contributed by atoms with Gasteiger partial charge in [-0.2, -0.15) is 0 Å². The van der Waals surface area contributed by atoms with Gasteiger partial charge in [-0.15, -0.1) is 11.8 Å². The van der Waals surface area contributed by atoms with E-state index in [1.54, 1.807) is 0 Å². The third-order valence-electron chi connectivity index (χ3n) is 6.11. The summed E-state index contributed by atoms with van der Waals surface area (Å²) < 4.78 is 0. The topological polar surface area (TPSA) is 40.6 Å². The molecule has 0 radical (unpaired) electrons. The fraction of sp³-hybridized carbons (Fsp3) is 0.652. The molecule has 0 atom stereocenters. The number of aryl methyl sites for hydroxylation is 1. The van der Waals surface area contributed by atoms with Gasteiger partial charge in [-0.1, -0.05) is 50.3 Å². The number of benzene rings is 1. The number of hydrogen-bond acceptors (Lipinski definition) is 3. The van der Waals surface area contributed by atoms with Crippen molar-refractivity contribution in [1.29, 1.82) is 0 Å². The minimum absolute atomic E-state index is 0.125. The molecule has 2 saturated heterocycles. The lowest BCUT2D eigenvalue weighted by Crippen LogP contribution is -2.53. The van der Waals surface area contributed by atoms with Gasteiger partial charge in [0.15, 0.2) is 0 Å². The van der Waals surface area contributed by atoms with Crippen LogP contribution in [-0.4, -0.2) is 51.9 Å². The molecule has 28 heavy (non-hydrogen) atoms. The largest absolute Gasteiger partial charge is 0.342 e. The van der Waals surface area contributed by atoms with E-state index in [1.165, 1.54) is 24.8 Å². The van der Waals surface area contributed by atoms with Gasteiger partial charge in [0, 0.05) is 37.4 Å². The highest BCUT2D eigenvalue weighted by atomic mass is 32.2. The molecule has 3 rings (SSSR count). The van der Waals surface area contributed by atoms with E-state index in [1.807, 2.05) is 47.9 Å². The van der Waals surface area contributed by atoms with Crippen molar-refractivity contribution < 1.29 is 9.59 Å². The van der Waals surface area contributed by atoms with E-state index < -0.39 is 0 Å². The third kappa shape index (κ3) is 4.91. The van der Waals surface area contributed by atoms with E-state index >= 15 is 0 Å². The van der Waals surface area contributed by atoms with Crippen molar-refractivity contribution in [1.82, 2.24) is 9.80 Å². The Hall–Kier alpha value is -1.49. The van der Waals surface area contributed by atoms with Crippen LogP contribution in [0.4, 0.5) is 0 Å². The number of thioether (sulfide) groups is 1. The second kappa shape index (κ2) is 9.82. The van der Waals surface area contributed by atoms with E-state index in [4.69, 9.17) is 0 Å². The minimum atomic E-state index is -0.125.